The van der Waals surface area contributed by atoms with Gasteiger partial charge in [0.1, 0.15) is 5.56 Å². The molecule has 0 bridgehead atoms. The second-order valence-corrected chi connectivity index (χ2v) is 6.19. The number of aromatic hydroxyl groups is 1. The van der Waals surface area contributed by atoms with Crippen molar-refractivity contribution in [3.8, 4) is 5.88 Å². The molecular weight excluding hydrogens is 326 g/mol. The van der Waals surface area contributed by atoms with Gasteiger partial charge in [0.05, 0.1) is 6.04 Å². The topological polar surface area (TPSA) is 78.3 Å². The number of nitrogens with zero attached hydrogens (tertiary/aromatic N) is 2. The summed E-state index contributed by atoms with van der Waals surface area (Å²) >= 11 is 5.11. The van der Waals surface area contributed by atoms with E-state index >= 15 is 0 Å². The van der Waals surface area contributed by atoms with Crippen LogP contribution >= 0.6 is 12.2 Å². The van der Waals surface area contributed by atoms with Crippen molar-refractivity contribution in [2.45, 2.75) is 32.9 Å². The van der Waals surface area contributed by atoms with E-state index in [0.717, 1.165) is 17.5 Å². The fourth-order valence-electron chi connectivity index (χ4n) is 3.33. The van der Waals surface area contributed by atoms with Crippen molar-refractivity contribution in [1.29, 1.82) is 0 Å². The van der Waals surface area contributed by atoms with Crippen LogP contribution in [0.15, 0.2) is 29.1 Å². The van der Waals surface area contributed by atoms with Gasteiger partial charge in [-0.1, -0.05) is 24.3 Å². The molecule has 0 radical (unpaired) electrons. The van der Waals surface area contributed by atoms with Gasteiger partial charge in [-0.2, -0.15) is 0 Å². The predicted molar refractivity (Wildman–Crippen MR) is 92.6 cm³/mol. The number of amides is 1. The number of aromatic amines is 1. The number of benzene rings is 1. The molecular formula is C17H19N3O3S. The lowest BCUT2D eigenvalue weighted by Gasteiger charge is -2.37. The molecule has 2 aromatic rings. The van der Waals surface area contributed by atoms with Gasteiger partial charge in [-0.15, -0.1) is 0 Å². The Labute approximate surface area is 144 Å². The zero-order chi connectivity index (χ0) is 17.4. The zero-order valence-corrected chi connectivity index (χ0v) is 14.4. The first kappa shape index (κ1) is 16.4. The van der Waals surface area contributed by atoms with Crippen LogP contribution in [0, 0.1) is 4.77 Å². The van der Waals surface area contributed by atoms with Crippen molar-refractivity contribution in [1.82, 2.24) is 14.5 Å². The molecule has 0 unspecified atom stereocenters. The maximum Gasteiger partial charge on any atom is 0.261 e. The van der Waals surface area contributed by atoms with Gasteiger partial charge in [-0.05, 0) is 36.7 Å². The summed E-state index contributed by atoms with van der Waals surface area (Å²) in [4.78, 5) is 28.9. The molecule has 126 valence electrons. The van der Waals surface area contributed by atoms with Gasteiger partial charge >= 0.3 is 0 Å². The first-order valence-electron chi connectivity index (χ1n) is 7.86. The van der Waals surface area contributed by atoms with Crippen molar-refractivity contribution in [2.75, 3.05) is 6.54 Å². The smallest absolute Gasteiger partial charge is 0.261 e. The summed E-state index contributed by atoms with van der Waals surface area (Å²) in [5.41, 5.74) is 1.63. The van der Waals surface area contributed by atoms with E-state index < -0.39 is 11.6 Å². The average Bonchev–Trinajstić information content (AvgIpc) is 2.54. The molecule has 1 amide bonds. The maximum atomic E-state index is 12.6. The minimum absolute atomic E-state index is 0.140. The number of carbonyl (C=O) groups excluding carboxylic acids is 1. The molecule has 0 spiro atoms. The molecule has 0 fully saturated rings. The third-order valence-electron chi connectivity index (χ3n) is 4.48. The minimum Gasteiger partial charge on any atom is -0.494 e. The van der Waals surface area contributed by atoms with Gasteiger partial charge in [0.15, 0.2) is 4.77 Å². The Kier molecular flexibility index (Phi) is 4.28. The summed E-state index contributed by atoms with van der Waals surface area (Å²) in [7, 11) is 0. The van der Waals surface area contributed by atoms with Crippen LogP contribution in [0.2, 0.25) is 0 Å². The molecule has 24 heavy (non-hydrogen) atoms. The molecule has 7 heteroatoms. The van der Waals surface area contributed by atoms with E-state index in [4.69, 9.17) is 12.2 Å². The van der Waals surface area contributed by atoms with Gasteiger partial charge < -0.3 is 10.0 Å². The SMILES string of the molecule is CCn1c(O)c([C@@H]2c3ccccc3CCN2C(C)=O)c(=O)[nH]c1=S. The third-order valence-corrected chi connectivity index (χ3v) is 4.81. The summed E-state index contributed by atoms with van der Waals surface area (Å²) in [6.45, 7) is 4.22. The van der Waals surface area contributed by atoms with Crippen LogP contribution in [0.1, 0.15) is 36.6 Å². The van der Waals surface area contributed by atoms with E-state index in [2.05, 4.69) is 4.98 Å². The monoisotopic (exact) mass is 345 g/mol. The van der Waals surface area contributed by atoms with Crippen LogP contribution in [-0.4, -0.2) is 32.0 Å². The number of nitrogens with one attached hydrogen (secondary N) is 1. The van der Waals surface area contributed by atoms with Crippen LogP contribution in [-0.2, 0) is 17.8 Å². The molecule has 6 nitrogen and oxygen atoms in total. The summed E-state index contributed by atoms with van der Waals surface area (Å²) in [6.07, 6.45) is 0.720. The van der Waals surface area contributed by atoms with Crippen molar-refractivity contribution < 1.29 is 9.90 Å². The van der Waals surface area contributed by atoms with Gasteiger partial charge in [0, 0.05) is 20.0 Å². The van der Waals surface area contributed by atoms with Gasteiger partial charge in [-0.3, -0.25) is 19.1 Å². The van der Waals surface area contributed by atoms with Crippen molar-refractivity contribution in [2.24, 2.45) is 0 Å². The van der Waals surface area contributed by atoms with Crippen molar-refractivity contribution >= 4 is 18.1 Å². The molecule has 0 aliphatic carbocycles. The molecule has 2 heterocycles. The van der Waals surface area contributed by atoms with E-state index in [1.54, 1.807) is 4.90 Å². The van der Waals surface area contributed by atoms with Gasteiger partial charge in [0.25, 0.3) is 5.56 Å². The Hall–Kier alpha value is -2.41. The highest BCUT2D eigenvalue weighted by molar-refractivity contribution is 7.71. The Morgan fingerprint density at radius 1 is 1.42 bits per heavy atom. The van der Waals surface area contributed by atoms with Crippen molar-refractivity contribution in [3.05, 3.63) is 56.1 Å². The number of hydrogen-bond acceptors (Lipinski definition) is 4. The number of rotatable bonds is 2. The Morgan fingerprint density at radius 2 is 2.12 bits per heavy atom. The number of hydrogen-bond donors (Lipinski definition) is 2. The summed E-state index contributed by atoms with van der Waals surface area (Å²) in [5, 5.41) is 10.7. The van der Waals surface area contributed by atoms with Crippen LogP contribution in [0.4, 0.5) is 0 Å². The molecule has 0 saturated heterocycles. The van der Waals surface area contributed by atoms with Crippen LogP contribution in [0.5, 0.6) is 5.88 Å². The van der Waals surface area contributed by atoms with Crippen LogP contribution < -0.4 is 5.56 Å². The Balaban J connectivity index is 2.32. The summed E-state index contributed by atoms with van der Waals surface area (Å²) in [5.74, 6) is -0.321. The molecule has 1 atom stereocenters. The highest BCUT2D eigenvalue weighted by atomic mass is 32.1. The highest BCUT2D eigenvalue weighted by Crippen LogP contribution is 2.37. The average molecular weight is 345 g/mol. The first-order chi connectivity index (χ1) is 11.5. The Morgan fingerprint density at radius 3 is 2.79 bits per heavy atom. The van der Waals surface area contributed by atoms with Gasteiger partial charge in [-0.25, -0.2) is 0 Å². The lowest BCUT2D eigenvalue weighted by molar-refractivity contribution is -0.130. The van der Waals surface area contributed by atoms with Crippen molar-refractivity contribution in [3.63, 3.8) is 0 Å². The summed E-state index contributed by atoms with van der Waals surface area (Å²) < 4.78 is 1.63. The van der Waals surface area contributed by atoms with E-state index in [9.17, 15) is 14.7 Å². The third kappa shape index (κ3) is 2.54. The molecule has 2 N–H and O–H groups in total. The van der Waals surface area contributed by atoms with E-state index in [-0.39, 0.29) is 22.1 Å². The van der Waals surface area contributed by atoms with Gasteiger partial charge in [0.2, 0.25) is 11.8 Å². The zero-order valence-electron chi connectivity index (χ0n) is 13.6. The fraction of sp³-hybridized carbons (Fsp3) is 0.353. The number of carbonyl (C=O) groups is 1. The number of fused-ring (bicyclic) bond motifs is 1. The minimum atomic E-state index is -0.621. The first-order valence-corrected chi connectivity index (χ1v) is 8.27. The highest BCUT2D eigenvalue weighted by Gasteiger charge is 2.34. The molecule has 3 rings (SSSR count). The Bertz CT molecular complexity index is 916. The standard InChI is InChI=1S/C17H19N3O3S/c1-3-19-16(23)13(15(22)18-17(19)24)14-12-7-5-4-6-11(12)8-9-20(14)10(2)21/h4-7,14,23H,3,8-9H2,1-2H3,(H,18,22,24)/t14-/m0/s1. The lowest BCUT2D eigenvalue weighted by atomic mass is 9.89. The van der Waals surface area contributed by atoms with Crippen LogP contribution in [0.25, 0.3) is 0 Å². The largest absolute Gasteiger partial charge is 0.494 e. The fourth-order valence-corrected chi connectivity index (χ4v) is 3.64. The normalized spacial score (nSPS) is 16.8. The lowest BCUT2D eigenvalue weighted by Crippen LogP contribution is -2.41. The second kappa shape index (κ2) is 6.24. The molecule has 0 saturated carbocycles. The number of H-pyrrole nitrogens is 1. The molecule has 1 aromatic heterocycles. The maximum absolute atomic E-state index is 12.6. The second-order valence-electron chi connectivity index (χ2n) is 5.80. The van der Waals surface area contributed by atoms with Crippen LogP contribution in [0.3, 0.4) is 0 Å². The van der Waals surface area contributed by atoms with E-state index in [0.29, 0.717) is 13.1 Å². The quantitative estimate of drug-likeness (QED) is 0.818. The summed E-state index contributed by atoms with van der Waals surface area (Å²) in [6, 6.07) is 7.06. The van der Waals surface area contributed by atoms with E-state index in [1.165, 1.54) is 11.5 Å². The van der Waals surface area contributed by atoms with E-state index in [1.807, 2.05) is 31.2 Å². The molecule has 1 aliphatic heterocycles. The predicted octanol–water partition coefficient (Wildman–Crippen LogP) is 2.13. The number of aromatic nitrogens is 2. The molecule has 1 aromatic carbocycles. The molecule has 1 aliphatic rings.